The molecule has 0 aromatic heterocycles. The zero-order chi connectivity index (χ0) is 11.5. The van der Waals surface area contributed by atoms with Gasteiger partial charge in [-0.1, -0.05) is 22.0 Å². The molecule has 0 saturated heterocycles. The third-order valence-corrected chi connectivity index (χ3v) is 3.34. The summed E-state index contributed by atoms with van der Waals surface area (Å²) >= 11 is 3.23. The Kier molecular flexibility index (Phi) is 3.77. The highest BCUT2D eigenvalue weighted by atomic mass is 79.9. The van der Waals surface area contributed by atoms with Crippen LogP contribution in [0.4, 0.5) is 4.39 Å². The van der Waals surface area contributed by atoms with E-state index in [2.05, 4.69) is 22.0 Å². The molecular formula is C13H14BrFO. The molecule has 1 aromatic carbocycles. The highest BCUT2D eigenvalue weighted by Gasteiger charge is 2.16. The summed E-state index contributed by atoms with van der Waals surface area (Å²) in [7, 11) is 0. The number of halogens is 2. The predicted octanol–water partition coefficient (Wildman–Crippen LogP) is 4.12. The maximum atomic E-state index is 13.2. The van der Waals surface area contributed by atoms with Gasteiger partial charge in [-0.05, 0) is 55.0 Å². The van der Waals surface area contributed by atoms with Crippen LogP contribution in [0.25, 0.3) is 0 Å². The highest BCUT2D eigenvalue weighted by molar-refractivity contribution is 9.10. The third-order valence-electron chi connectivity index (χ3n) is 2.88. The Morgan fingerprint density at radius 1 is 1.25 bits per heavy atom. The molecule has 0 fully saturated rings. The molecule has 0 saturated carbocycles. The van der Waals surface area contributed by atoms with E-state index in [1.807, 2.05) is 0 Å². The van der Waals surface area contributed by atoms with E-state index in [4.69, 9.17) is 0 Å². The monoisotopic (exact) mass is 284 g/mol. The molecule has 0 amide bonds. The summed E-state index contributed by atoms with van der Waals surface area (Å²) in [6, 6.07) is 4.56. The smallest absolute Gasteiger partial charge is 0.124 e. The Morgan fingerprint density at radius 2 is 2.06 bits per heavy atom. The molecule has 0 spiro atoms. The fourth-order valence-corrected chi connectivity index (χ4v) is 2.54. The van der Waals surface area contributed by atoms with E-state index in [-0.39, 0.29) is 5.82 Å². The fraction of sp³-hybridized carbons (Fsp3) is 0.385. The molecule has 0 heterocycles. The topological polar surface area (TPSA) is 20.2 Å². The number of aliphatic hydroxyl groups excluding tert-OH is 1. The van der Waals surface area contributed by atoms with Crippen LogP contribution in [0.3, 0.4) is 0 Å². The van der Waals surface area contributed by atoms with Crippen molar-refractivity contribution in [3.05, 3.63) is 45.7 Å². The number of hydrogen-bond donors (Lipinski definition) is 1. The van der Waals surface area contributed by atoms with Crippen LogP contribution in [0.2, 0.25) is 0 Å². The molecule has 2 rings (SSSR count). The molecule has 16 heavy (non-hydrogen) atoms. The highest BCUT2D eigenvalue weighted by Crippen LogP contribution is 2.31. The van der Waals surface area contributed by atoms with Crippen molar-refractivity contribution >= 4 is 15.9 Å². The van der Waals surface area contributed by atoms with Crippen LogP contribution in [0.5, 0.6) is 0 Å². The normalized spacial score (nSPS) is 18.1. The van der Waals surface area contributed by atoms with Crippen molar-refractivity contribution in [2.24, 2.45) is 0 Å². The van der Waals surface area contributed by atoms with Crippen LogP contribution in [-0.2, 0) is 0 Å². The van der Waals surface area contributed by atoms with E-state index in [9.17, 15) is 9.50 Å². The van der Waals surface area contributed by atoms with Crippen molar-refractivity contribution in [3.63, 3.8) is 0 Å². The first-order valence-corrected chi connectivity index (χ1v) is 6.29. The maximum Gasteiger partial charge on any atom is 0.124 e. The number of rotatable bonds is 2. The van der Waals surface area contributed by atoms with Gasteiger partial charge < -0.3 is 5.11 Å². The van der Waals surface area contributed by atoms with E-state index in [1.54, 1.807) is 6.07 Å². The van der Waals surface area contributed by atoms with Crippen LogP contribution in [0.1, 0.15) is 37.4 Å². The molecule has 1 N–H and O–H groups in total. The lowest BCUT2D eigenvalue weighted by Crippen LogP contribution is -2.05. The molecule has 1 nitrogen and oxygen atoms in total. The van der Waals surface area contributed by atoms with Gasteiger partial charge in [-0.3, -0.25) is 0 Å². The summed E-state index contributed by atoms with van der Waals surface area (Å²) in [6.45, 7) is 0. The van der Waals surface area contributed by atoms with Crippen molar-refractivity contribution in [2.45, 2.75) is 31.8 Å². The Labute approximate surface area is 103 Å². The Balaban J connectivity index is 2.25. The largest absolute Gasteiger partial charge is 0.384 e. The number of benzene rings is 1. The first-order valence-electron chi connectivity index (χ1n) is 5.50. The van der Waals surface area contributed by atoms with Gasteiger partial charge in [0.25, 0.3) is 0 Å². The molecule has 86 valence electrons. The zero-order valence-corrected chi connectivity index (χ0v) is 10.5. The van der Waals surface area contributed by atoms with Gasteiger partial charge in [0.15, 0.2) is 0 Å². The first kappa shape index (κ1) is 11.8. The Morgan fingerprint density at radius 3 is 2.69 bits per heavy atom. The molecular weight excluding hydrogens is 271 g/mol. The minimum Gasteiger partial charge on any atom is -0.384 e. The molecule has 1 unspecified atom stereocenters. The summed E-state index contributed by atoms with van der Waals surface area (Å²) in [5, 5.41) is 10.1. The van der Waals surface area contributed by atoms with Crippen molar-refractivity contribution in [1.29, 1.82) is 0 Å². The van der Waals surface area contributed by atoms with Crippen molar-refractivity contribution in [3.8, 4) is 0 Å². The summed E-state index contributed by atoms with van der Waals surface area (Å²) < 4.78 is 13.9. The van der Waals surface area contributed by atoms with Gasteiger partial charge in [-0.15, -0.1) is 0 Å². The minimum atomic E-state index is -0.660. The zero-order valence-electron chi connectivity index (χ0n) is 8.92. The van der Waals surface area contributed by atoms with Crippen LogP contribution in [-0.4, -0.2) is 5.11 Å². The Bertz CT molecular complexity index is 394. The molecule has 1 aliphatic rings. The summed E-state index contributed by atoms with van der Waals surface area (Å²) in [6.07, 6.45) is 5.64. The lowest BCUT2D eigenvalue weighted by molar-refractivity contribution is 0.208. The second-order valence-electron chi connectivity index (χ2n) is 4.13. The Hall–Kier alpha value is -0.670. The lowest BCUT2D eigenvalue weighted by Gasteiger charge is -2.19. The van der Waals surface area contributed by atoms with E-state index in [1.165, 1.54) is 18.6 Å². The SMILES string of the molecule is OC(C1=CCCCC1)c1cc(F)cc(Br)c1. The lowest BCUT2D eigenvalue weighted by atomic mass is 9.92. The predicted molar refractivity (Wildman–Crippen MR) is 65.6 cm³/mol. The number of allylic oxidation sites excluding steroid dienone is 1. The summed E-state index contributed by atoms with van der Waals surface area (Å²) in [5.41, 5.74) is 1.64. The molecule has 0 bridgehead atoms. The van der Waals surface area contributed by atoms with Gasteiger partial charge in [0.1, 0.15) is 11.9 Å². The van der Waals surface area contributed by atoms with E-state index >= 15 is 0 Å². The second-order valence-corrected chi connectivity index (χ2v) is 5.05. The van der Waals surface area contributed by atoms with E-state index < -0.39 is 6.10 Å². The third kappa shape index (κ3) is 2.71. The number of aliphatic hydroxyl groups is 1. The van der Waals surface area contributed by atoms with Crippen molar-refractivity contribution in [2.75, 3.05) is 0 Å². The van der Waals surface area contributed by atoms with Gasteiger partial charge in [0, 0.05) is 4.47 Å². The molecule has 3 heteroatoms. The van der Waals surface area contributed by atoms with Gasteiger partial charge in [-0.25, -0.2) is 4.39 Å². The van der Waals surface area contributed by atoms with Crippen LogP contribution >= 0.6 is 15.9 Å². The van der Waals surface area contributed by atoms with Crippen LogP contribution in [0.15, 0.2) is 34.3 Å². The van der Waals surface area contributed by atoms with Gasteiger partial charge in [0.2, 0.25) is 0 Å². The maximum absolute atomic E-state index is 13.2. The molecule has 0 aliphatic heterocycles. The molecule has 1 aliphatic carbocycles. The van der Waals surface area contributed by atoms with E-state index in [0.29, 0.717) is 10.0 Å². The van der Waals surface area contributed by atoms with Crippen molar-refractivity contribution in [1.82, 2.24) is 0 Å². The van der Waals surface area contributed by atoms with Crippen molar-refractivity contribution < 1.29 is 9.50 Å². The van der Waals surface area contributed by atoms with Crippen LogP contribution < -0.4 is 0 Å². The fourth-order valence-electron chi connectivity index (χ4n) is 2.06. The first-order chi connectivity index (χ1) is 7.66. The van der Waals surface area contributed by atoms with Crippen LogP contribution in [0, 0.1) is 5.82 Å². The van der Waals surface area contributed by atoms with Gasteiger partial charge >= 0.3 is 0 Å². The average Bonchev–Trinajstić information content (AvgIpc) is 2.28. The number of hydrogen-bond acceptors (Lipinski definition) is 1. The quantitative estimate of drug-likeness (QED) is 0.810. The summed E-state index contributed by atoms with van der Waals surface area (Å²) in [5.74, 6) is -0.320. The molecule has 0 radical (unpaired) electrons. The molecule has 1 aromatic rings. The molecule has 1 atom stereocenters. The van der Waals surface area contributed by atoms with Gasteiger partial charge in [-0.2, -0.15) is 0 Å². The van der Waals surface area contributed by atoms with E-state index in [0.717, 1.165) is 24.8 Å². The average molecular weight is 285 g/mol. The standard InChI is InChI=1S/C13H14BrFO/c14-11-6-10(7-12(15)8-11)13(16)9-4-2-1-3-5-9/h4,6-8,13,16H,1-3,5H2. The second kappa shape index (κ2) is 5.11. The minimum absolute atomic E-state index is 0.320. The van der Waals surface area contributed by atoms with Gasteiger partial charge in [0.05, 0.1) is 0 Å². The summed E-state index contributed by atoms with van der Waals surface area (Å²) in [4.78, 5) is 0.